The van der Waals surface area contributed by atoms with Gasteiger partial charge in [-0.3, -0.25) is 0 Å². The van der Waals surface area contributed by atoms with Crippen molar-refractivity contribution >= 4 is 26.5 Å². The maximum Gasteiger partial charge on any atom is 0.00767 e. The molecule has 2 aromatic rings. The van der Waals surface area contributed by atoms with Gasteiger partial charge in [0.05, 0.1) is 0 Å². The van der Waals surface area contributed by atoms with Crippen LogP contribution >= 0.6 is 15.8 Å². The second-order valence-corrected chi connectivity index (χ2v) is 14.7. The number of hydrogen-bond donors (Lipinski definition) is 0. The number of hydrogen-bond acceptors (Lipinski definition) is 0. The van der Waals surface area contributed by atoms with Gasteiger partial charge in [0.15, 0.2) is 0 Å². The highest BCUT2D eigenvalue weighted by atomic mass is 31.2. The third kappa shape index (κ3) is 5.32. The topological polar surface area (TPSA) is 0 Å². The van der Waals surface area contributed by atoms with Gasteiger partial charge in [0, 0.05) is 5.40 Å². The first-order valence-corrected chi connectivity index (χ1v) is 15.0. The molecule has 0 aliphatic heterocycles. The zero-order valence-electron chi connectivity index (χ0n) is 18.2. The minimum absolute atomic E-state index is 0.0817. The molecular formula is C27H38P2. The Morgan fingerprint density at radius 3 is 1.45 bits per heavy atom. The van der Waals surface area contributed by atoms with Gasteiger partial charge >= 0.3 is 0 Å². The molecule has 1 unspecified atom stereocenters. The molecule has 4 rings (SSSR count). The zero-order chi connectivity index (χ0) is 19.9. The molecule has 0 saturated heterocycles. The summed E-state index contributed by atoms with van der Waals surface area (Å²) in [7, 11) is -0.193. The van der Waals surface area contributed by atoms with Gasteiger partial charge in [0.25, 0.3) is 0 Å². The highest BCUT2D eigenvalue weighted by Crippen LogP contribution is 2.67. The SMILES string of the molecule is CCC(P(c1ccccc1)c1ccccc1)P(C1CCCCC1)C1CCCCC1. The average Bonchev–Trinajstić information content (AvgIpc) is 2.81. The summed E-state index contributed by atoms with van der Waals surface area (Å²) in [6, 6.07) is 23.2. The van der Waals surface area contributed by atoms with Crippen LogP contribution < -0.4 is 10.6 Å². The van der Waals surface area contributed by atoms with Crippen molar-refractivity contribution in [2.45, 2.75) is 94.3 Å². The molecule has 2 aromatic carbocycles. The third-order valence-corrected chi connectivity index (χ3v) is 15.0. The molecule has 156 valence electrons. The minimum atomic E-state index is -0.275. The zero-order valence-corrected chi connectivity index (χ0v) is 20.0. The molecule has 0 amide bonds. The molecule has 0 bridgehead atoms. The predicted octanol–water partition coefficient (Wildman–Crippen LogP) is 8.00. The highest BCUT2D eigenvalue weighted by molar-refractivity contribution is 7.84. The lowest BCUT2D eigenvalue weighted by Crippen LogP contribution is -2.30. The largest absolute Gasteiger partial charge is 0.0921 e. The molecule has 0 nitrogen and oxygen atoms in total. The van der Waals surface area contributed by atoms with E-state index in [1.807, 2.05) is 0 Å². The molecular weight excluding hydrogens is 386 g/mol. The van der Waals surface area contributed by atoms with Crippen molar-refractivity contribution in [2.24, 2.45) is 0 Å². The van der Waals surface area contributed by atoms with Crippen molar-refractivity contribution in [3.63, 3.8) is 0 Å². The van der Waals surface area contributed by atoms with Crippen molar-refractivity contribution in [1.82, 2.24) is 0 Å². The molecule has 29 heavy (non-hydrogen) atoms. The second-order valence-electron chi connectivity index (χ2n) is 8.96. The van der Waals surface area contributed by atoms with E-state index in [0.29, 0.717) is 0 Å². The maximum absolute atomic E-state index is 2.51. The molecule has 2 saturated carbocycles. The molecule has 0 N–H and O–H groups in total. The summed E-state index contributed by atoms with van der Waals surface area (Å²) in [5.74, 6) is 0. The van der Waals surface area contributed by atoms with E-state index < -0.39 is 0 Å². The first kappa shape index (κ1) is 21.5. The monoisotopic (exact) mass is 424 g/mol. The molecule has 0 heterocycles. The van der Waals surface area contributed by atoms with E-state index in [0.717, 1.165) is 16.7 Å². The van der Waals surface area contributed by atoms with E-state index in [4.69, 9.17) is 0 Å². The predicted molar refractivity (Wildman–Crippen MR) is 134 cm³/mol. The van der Waals surface area contributed by atoms with Gasteiger partial charge in [-0.1, -0.05) is 114 Å². The van der Waals surface area contributed by atoms with Gasteiger partial charge in [-0.25, -0.2) is 0 Å². The van der Waals surface area contributed by atoms with E-state index >= 15 is 0 Å². The minimum Gasteiger partial charge on any atom is -0.0921 e. The number of rotatable bonds is 7. The second kappa shape index (κ2) is 11.1. The van der Waals surface area contributed by atoms with Gasteiger partial charge in [-0.05, 0) is 62.0 Å². The first-order chi connectivity index (χ1) is 14.4. The van der Waals surface area contributed by atoms with Crippen LogP contribution in [0.25, 0.3) is 0 Å². The summed E-state index contributed by atoms with van der Waals surface area (Å²) in [5.41, 5.74) is 2.06. The van der Waals surface area contributed by atoms with Crippen molar-refractivity contribution in [1.29, 1.82) is 0 Å². The first-order valence-electron chi connectivity index (χ1n) is 12.0. The van der Waals surface area contributed by atoms with E-state index in [2.05, 4.69) is 67.6 Å². The smallest absolute Gasteiger partial charge is 0.00767 e. The summed E-state index contributed by atoms with van der Waals surface area (Å²) < 4.78 is 0. The summed E-state index contributed by atoms with van der Waals surface area (Å²) in [4.78, 5) is 0. The lowest BCUT2D eigenvalue weighted by Gasteiger charge is -2.46. The molecule has 2 fully saturated rings. The lowest BCUT2D eigenvalue weighted by atomic mass is 9.99. The standard InChI is InChI=1S/C27H38P2/c1-2-27(28(23-15-7-3-8-16-23)24-17-9-4-10-18-24)29(25-19-11-5-12-20-25)26-21-13-6-14-22-26/h3-4,7-10,15-18,25-27H,2,5-6,11-14,19-22H2,1H3. The molecule has 0 aromatic heterocycles. The van der Waals surface area contributed by atoms with Crippen LogP contribution in [0, 0.1) is 0 Å². The Hall–Kier alpha value is -0.700. The normalized spacial score (nSPS) is 20.2. The Kier molecular flexibility index (Phi) is 8.22. The molecule has 2 heteroatoms. The summed E-state index contributed by atoms with van der Waals surface area (Å²) in [5, 5.41) is 4.11. The summed E-state index contributed by atoms with van der Waals surface area (Å²) >= 11 is 0. The van der Waals surface area contributed by atoms with E-state index in [1.165, 1.54) is 70.6 Å². The fourth-order valence-electron chi connectivity index (χ4n) is 5.74. The van der Waals surface area contributed by atoms with Crippen LogP contribution in [0.3, 0.4) is 0 Å². The van der Waals surface area contributed by atoms with Crippen molar-refractivity contribution in [3.05, 3.63) is 60.7 Å². The van der Waals surface area contributed by atoms with Crippen LogP contribution in [0.2, 0.25) is 0 Å². The summed E-state index contributed by atoms with van der Waals surface area (Å²) in [6.07, 6.45) is 16.3. The Morgan fingerprint density at radius 2 is 1.07 bits per heavy atom. The molecule has 1 atom stereocenters. The van der Waals surface area contributed by atoms with Gasteiger partial charge < -0.3 is 0 Å². The Labute approximate surface area is 181 Å². The van der Waals surface area contributed by atoms with Gasteiger partial charge in [0.1, 0.15) is 0 Å². The van der Waals surface area contributed by atoms with E-state index in [9.17, 15) is 0 Å². The van der Waals surface area contributed by atoms with Crippen LogP contribution in [-0.2, 0) is 0 Å². The lowest BCUT2D eigenvalue weighted by molar-refractivity contribution is 0.483. The molecule has 2 aliphatic carbocycles. The number of benzene rings is 2. The van der Waals surface area contributed by atoms with Crippen LogP contribution in [0.15, 0.2) is 60.7 Å². The van der Waals surface area contributed by atoms with Crippen LogP contribution in [0.1, 0.15) is 77.6 Å². The third-order valence-electron chi connectivity index (χ3n) is 7.07. The highest BCUT2D eigenvalue weighted by Gasteiger charge is 2.39. The van der Waals surface area contributed by atoms with Gasteiger partial charge in [-0.15, -0.1) is 0 Å². The average molecular weight is 425 g/mol. The van der Waals surface area contributed by atoms with Crippen molar-refractivity contribution in [2.75, 3.05) is 0 Å². The van der Waals surface area contributed by atoms with Crippen LogP contribution in [0.5, 0.6) is 0 Å². The Morgan fingerprint density at radius 1 is 0.655 bits per heavy atom. The van der Waals surface area contributed by atoms with Crippen LogP contribution in [-0.4, -0.2) is 16.7 Å². The Balaban J connectivity index is 1.73. The molecule has 2 aliphatic rings. The maximum atomic E-state index is 2.51. The van der Waals surface area contributed by atoms with Gasteiger partial charge in [0.2, 0.25) is 0 Å². The molecule has 0 spiro atoms. The fourth-order valence-corrected chi connectivity index (χ4v) is 15.0. The van der Waals surface area contributed by atoms with E-state index in [-0.39, 0.29) is 15.8 Å². The van der Waals surface area contributed by atoms with Crippen molar-refractivity contribution in [3.8, 4) is 0 Å². The molecule has 0 radical (unpaired) electrons. The fraction of sp³-hybridized carbons (Fsp3) is 0.556. The van der Waals surface area contributed by atoms with Crippen LogP contribution in [0.4, 0.5) is 0 Å². The van der Waals surface area contributed by atoms with Gasteiger partial charge in [-0.2, -0.15) is 0 Å². The summed E-state index contributed by atoms with van der Waals surface area (Å²) in [6.45, 7) is 2.51. The van der Waals surface area contributed by atoms with Crippen molar-refractivity contribution < 1.29 is 0 Å². The van der Waals surface area contributed by atoms with E-state index in [1.54, 1.807) is 10.6 Å². The Bertz CT molecular complexity index is 644. The quantitative estimate of drug-likeness (QED) is 0.395.